The molecule has 0 aliphatic carbocycles. The predicted molar refractivity (Wildman–Crippen MR) is 181 cm³/mol. The Morgan fingerprint density at radius 1 is 0.896 bits per heavy atom. The van der Waals surface area contributed by atoms with Crippen molar-refractivity contribution in [2.24, 2.45) is 0 Å². The van der Waals surface area contributed by atoms with Crippen molar-refractivity contribution in [3.63, 3.8) is 0 Å². The smallest absolute Gasteiger partial charge is 0.312 e. The standard InChI is InChI=1S/C35H37ClN2O9S/c1-42-27-10-5-24(6-11-27)21-37(22-25-7-12-28(43-2)13-8-25)48(41)29-14-16-32(31(20-29)38(39)40)47-23-35(34(44-3)45-4)17-18-46-33-19-26(36)9-15-30(33)35/h5-16,19-20,34H,17-18,21-23H2,1-4H3/t35-,48?/m0/s1. The van der Waals surface area contributed by atoms with Gasteiger partial charge >= 0.3 is 5.69 Å². The summed E-state index contributed by atoms with van der Waals surface area (Å²) in [6.45, 7) is 0.913. The lowest BCUT2D eigenvalue weighted by atomic mass is 9.75. The number of fused-ring (bicyclic) bond motifs is 1. The van der Waals surface area contributed by atoms with Crippen molar-refractivity contribution in [2.75, 3.05) is 41.7 Å². The Morgan fingerprint density at radius 2 is 1.50 bits per heavy atom. The maximum absolute atomic E-state index is 14.1. The van der Waals surface area contributed by atoms with Crippen LogP contribution >= 0.6 is 11.6 Å². The minimum atomic E-state index is -1.79. The Hall–Kier alpha value is -4.20. The summed E-state index contributed by atoms with van der Waals surface area (Å²) in [5, 5.41) is 12.9. The summed E-state index contributed by atoms with van der Waals surface area (Å²) < 4.78 is 50.0. The largest absolute Gasteiger partial charge is 0.497 e. The Bertz CT molecular complexity index is 1690. The first-order chi connectivity index (χ1) is 23.2. The van der Waals surface area contributed by atoms with Crippen LogP contribution in [-0.2, 0) is 39.0 Å². The highest BCUT2D eigenvalue weighted by Crippen LogP contribution is 2.44. The molecular weight excluding hydrogens is 660 g/mol. The Kier molecular flexibility index (Phi) is 11.6. The molecule has 1 aliphatic rings. The molecule has 1 unspecified atom stereocenters. The van der Waals surface area contributed by atoms with E-state index in [0.29, 0.717) is 48.4 Å². The van der Waals surface area contributed by atoms with Crippen molar-refractivity contribution >= 4 is 28.3 Å². The number of nitrogens with zero attached hydrogens (tertiary/aromatic N) is 2. The number of hydrogen-bond acceptors (Lipinski definition) is 9. The fourth-order valence-electron chi connectivity index (χ4n) is 5.78. The third-order valence-corrected chi connectivity index (χ3v) is 9.87. The van der Waals surface area contributed by atoms with Gasteiger partial charge in [0.2, 0.25) is 0 Å². The average molecular weight is 697 g/mol. The first-order valence-electron chi connectivity index (χ1n) is 15.0. The van der Waals surface area contributed by atoms with Gasteiger partial charge in [-0.3, -0.25) is 10.1 Å². The number of methoxy groups -OCH3 is 4. The summed E-state index contributed by atoms with van der Waals surface area (Å²) in [5.41, 5.74) is 1.34. The molecule has 4 aromatic carbocycles. The quantitative estimate of drug-likeness (QED) is 0.0759. The van der Waals surface area contributed by atoms with Crippen LogP contribution in [0.4, 0.5) is 5.69 Å². The van der Waals surface area contributed by atoms with Gasteiger partial charge in [0.25, 0.3) is 0 Å². The minimum absolute atomic E-state index is 0.0185. The molecule has 4 aromatic rings. The molecule has 0 fully saturated rings. The van der Waals surface area contributed by atoms with E-state index in [2.05, 4.69) is 0 Å². The average Bonchev–Trinajstić information content (AvgIpc) is 3.11. The zero-order valence-corrected chi connectivity index (χ0v) is 28.6. The van der Waals surface area contributed by atoms with Crippen LogP contribution in [0.25, 0.3) is 0 Å². The van der Waals surface area contributed by atoms with Gasteiger partial charge in [-0.2, -0.15) is 0 Å². The highest BCUT2D eigenvalue weighted by Gasteiger charge is 2.47. The first-order valence-corrected chi connectivity index (χ1v) is 16.5. The van der Waals surface area contributed by atoms with Gasteiger partial charge in [-0.25, -0.2) is 8.51 Å². The molecule has 254 valence electrons. The molecule has 0 saturated carbocycles. The molecule has 0 saturated heterocycles. The SMILES string of the molecule is COc1ccc(CN(Cc2ccc(OC)cc2)S(=O)c2ccc(OC[C@@]3(C(OC)OC)CCOc4cc(Cl)ccc43)c([N+](=O)[O-])c2)cc1. The number of ether oxygens (including phenoxy) is 6. The van der Waals surface area contributed by atoms with E-state index >= 15 is 0 Å². The maximum Gasteiger partial charge on any atom is 0.312 e. The van der Waals surface area contributed by atoms with Crippen LogP contribution in [-0.4, -0.2) is 61.4 Å². The fourth-order valence-corrected chi connectivity index (χ4v) is 7.17. The maximum atomic E-state index is 14.1. The molecule has 5 rings (SSSR count). The highest BCUT2D eigenvalue weighted by molar-refractivity contribution is 7.82. The van der Waals surface area contributed by atoms with E-state index < -0.39 is 27.6 Å². The van der Waals surface area contributed by atoms with E-state index in [4.69, 9.17) is 40.0 Å². The Balaban J connectivity index is 1.45. The molecule has 0 amide bonds. The second-order valence-electron chi connectivity index (χ2n) is 11.1. The molecule has 11 nitrogen and oxygen atoms in total. The first kappa shape index (κ1) is 35.1. The van der Waals surface area contributed by atoms with Gasteiger partial charge in [0.05, 0.1) is 36.1 Å². The van der Waals surface area contributed by atoms with Gasteiger partial charge in [0.1, 0.15) is 34.8 Å². The van der Waals surface area contributed by atoms with Crippen LogP contribution in [0.3, 0.4) is 0 Å². The number of rotatable bonds is 15. The van der Waals surface area contributed by atoms with Gasteiger partial charge < -0.3 is 28.4 Å². The van der Waals surface area contributed by atoms with Crippen molar-refractivity contribution in [3.05, 3.63) is 117 Å². The van der Waals surface area contributed by atoms with Crippen LogP contribution in [0.5, 0.6) is 23.0 Å². The molecule has 0 bridgehead atoms. The molecular formula is C35H37ClN2O9S. The van der Waals surface area contributed by atoms with E-state index in [1.165, 1.54) is 26.4 Å². The van der Waals surface area contributed by atoms with E-state index in [0.717, 1.165) is 16.7 Å². The molecule has 0 radical (unpaired) electrons. The molecule has 2 atom stereocenters. The zero-order chi connectivity index (χ0) is 34.3. The van der Waals surface area contributed by atoms with Crippen molar-refractivity contribution in [2.45, 2.75) is 36.1 Å². The van der Waals surface area contributed by atoms with Gasteiger partial charge in [-0.05, 0) is 66.1 Å². The summed E-state index contributed by atoms with van der Waals surface area (Å²) in [4.78, 5) is 12.1. The molecule has 1 aliphatic heterocycles. The summed E-state index contributed by atoms with van der Waals surface area (Å²) in [6, 6.07) is 24.5. The van der Waals surface area contributed by atoms with Crippen molar-refractivity contribution in [3.8, 4) is 23.0 Å². The molecule has 0 spiro atoms. The number of benzene rings is 4. The molecule has 13 heteroatoms. The van der Waals surface area contributed by atoms with Gasteiger partial charge in [0, 0.05) is 44.0 Å². The third kappa shape index (κ3) is 7.74. The van der Waals surface area contributed by atoms with Crippen LogP contribution in [0.15, 0.2) is 89.8 Å². The van der Waals surface area contributed by atoms with Crippen LogP contribution in [0, 0.1) is 10.1 Å². The number of hydrogen-bond donors (Lipinski definition) is 0. The van der Waals surface area contributed by atoms with Crippen molar-refractivity contribution in [1.29, 1.82) is 0 Å². The molecule has 48 heavy (non-hydrogen) atoms. The number of nitro groups is 1. The Morgan fingerprint density at radius 3 is 2.04 bits per heavy atom. The monoisotopic (exact) mass is 696 g/mol. The predicted octanol–water partition coefficient (Wildman–Crippen LogP) is 6.71. The number of nitro benzene ring substituents is 1. The van der Waals surface area contributed by atoms with E-state index in [9.17, 15) is 14.3 Å². The normalized spacial score (nSPS) is 16.2. The zero-order valence-electron chi connectivity index (χ0n) is 27.1. The molecule has 0 N–H and O–H groups in total. The lowest BCUT2D eigenvalue weighted by molar-refractivity contribution is -0.386. The van der Waals surface area contributed by atoms with Gasteiger partial charge in [0.15, 0.2) is 12.0 Å². The topological polar surface area (TPSA) is 119 Å². The number of halogens is 1. The second-order valence-corrected chi connectivity index (χ2v) is 13.0. The van der Waals surface area contributed by atoms with Crippen molar-refractivity contribution in [1.82, 2.24) is 4.31 Å². The van der Waals surface area contributed by atoms with E-state index in [-0.39, 0.29) is 22.9 Å². The summed E-state index contributed by atoms with van der Waals surface area (Å²) in [7, 11) is 4.44. The second kappa shape index (κ2) is 15.8. The highest BCUT2D eigenvalue weighted by atomic mass is 35.5. The minimum Gasteiger partial charge on any atom is -0.497 e. The van der Waals surface area contributed by atoms with E-state index in [1.54, 1.807) is 36.7 Å². The van der Waals surface area contributed by atoms with Crippen LogP contribution < -0.4 is 18.9 Å². The Labute approximate surface area is 287 Å². The molecule has 0 aromatic heterocycles. The fraction of sp³-hybridized carbons (Fsp3) is 0.314. The summed E-state index contributed by atoms with van der Waals surface area (Å²) in [5.74, 6) is 1.98. The molecule has 1 heterocycles. The van der Waals surface area contributed by atoms with Crippen LogP contribution in [0.1, 0.15) is 23.1 Å². The van der Waals surface area contributed by atoms with Gasteiger partial charge in [-0.1, -0.05) is 41.9 Å². The van der Waals surface area contributed by atoms with E-state index in [1.807, 2.05) is 54.6 Å². The van der Waals surface area contributed by atoms with Crippen LogP contribution in [0.2, 0.25) is 5.02 Å². The van der Waals surface area contributed by atoms with Crippen molar-refractivity contribution < 1.29 is 37.6 Å². The lowest BCUT2D eigenvalue weighted by Crippen LogP contribution is -2.49. The summed E-state index contributed by atoms with van der Waals surface area (Å²) >= 11 is 6.24. The summed E-state index contributed by atoms with van der Waals surface area (Å²) in [6.07, 6.45) is -0.299. The van der Waals surface area contributed by atoms with Gasteiger partial charge in [-0.15, -0.1) is 0 Å². The third-order valence-electron chi connectivity index (χ3n) is 8.25. The lowest BCUT2D eigenvalue weighted by Gasteiger charge is -2.42.